The van der Waals surface area contributed by atoms with E-state index in [2.05, 4.69) is 46.0 Å². The molecule has 1 aliphatic carbocycles. The molecule has 1 aromatic rings. The Morgan fingerprint density at radius 2 is 2.06 bits per heavy atom. The van der Waals surface area contributed by atoms with Gasteiger partial charge in [0, 0.05) is 21.8 Å². The van der Waals surface area contributed by atoms with Gasteiger partial charge in [-0.25, -0.2) is 0 Å². The van der Waals surface area contributed by atoms with E-state index in [1.54, 1.807) is 0 Å². The van der Waals surface area contributed by atoms with Crippen molar-refractivity contribution in [3.05, 3.63) is 21.4 Å². The summed E-state index contributed by atoms with van der Waals surface area (Å²) in [6.45, 7) is 11.6. The van der Waals surface area contributed by atoms with E-state index in [0.717, 1.165) is 0 Å². The Kier molecular flexibility index (Phi) is 4.18. The fourth-order valence-corrected chi connectivity index (χ4v) is 4.30. The van der Waals surface area contributed by atoms with E-state index in [0.29, 0.717) is 17.5 Å². The first kappa shape index (κ1) is 14.1. The minimum atomic E-state index is 0.450. The first-order valence-electron chi connectivity index (χ1n) is 7.23. The molecule has 1 heterocycles. The summed E-state index contributed by atoms with van der Waals surface area (Å²) in [4.78, 5) is 2.90. The summed E-state index contributed by atoms with van der Waals surface area (Å²) in [5.74, 6) is 0. The highest BCUT2D eigenvalue weighted by molar-refractivity contribution is 7.12. The van der Waals surface area contributed by atoms with Crippen molar-refractivity contribution in [3.8, 4) is 0 Å². The second kappa shape index (κ2) is 5.34. The second-order valence-corrected chi connectivity index (χ2v) is 8.00. The lowest BCUT2D eigenvalue weighted by atomic mass is 9.73. The van der Waals surface area contributed by atoms with Crippen molar-refractivity contribution in [1.29, 1.82) is 0 Å². The molecular formula is C16H27NS. The lowest BCUT2D eigenvalue weighted by Crippen LogP contribution is -2.45. The highest BCUT2D eigenvalue weighted by Crippen LogP contribution is 2.37. The number of hydrogen-bond donors (Lipinski definition) is 1. The van der Waals surface area contributed by atoms with Crippen molar-refractivity contribution < 1.29 is 0 Å². The van der Waals surface area contributed by atoms with Gasteiger partial charge in [0.1, 0.15) is 0 Å². The maximum absolute atomic E-state index is 3.89. The molecule has 18 heavy (non-hydrogen) atoms. The summed E-state index contributed by atoms with van der Waals surface area (Å²) < 4.78 is 0. The molecule has 1 saturated carbocycles. The van der Waals surface area contributed by atoms with E-state index >= 15 is 0 Å². The van der Waals surface area contributed by atoms with E-state index in [4.69, 9.17) is 0 Å². The average molecular weight is 265 g/mol. The van der Waals surface area contributed by atoms with Crippen LogP contribution in [-0.4, -0.2) is 6.04 Å². The van der Waals surface area contributed by atoms with Crippen LogP contribution in [0, 0.1) is 19.3 Å². The highest BCUT2D eigenvalue weighted by Gasteiger charge is 2.33. The minimum Gasteiger partial charge on any atom is -0.307 e. The van der Waals surface area contributed by atoms with Crippen LogP contribution in [0.25, 0.3) is 0 Å². The molecule has 1 nitrogen and oxygen atoms in total. The fourth-order valence-electron chi connectivity index (χ4n) is 3.27. The van der Waals surface area contributed by atoms with Crippen molar-refractivity contribution in [1.82, 2.24) is 5.32 Å². The Labute approximate surface area is 116 Å². The molecule has 0 saturated heterocycles. The van der Waals surface area contributed by atoms with Crippen molar-refractivity contribution in [3.63, 3.8) is 0 Å². The van der Waals surface area contributed by atoms with Crippen molar-refractivity contribution >= 4 is 11.3 Å². The molecule has 2 atom stereocenters. The van der Waals surface area contributed by atoms with Crippen LogP contribution in [0.5, 0.6) is 0 Å². The van der Waals surface area contributed by atoms with Crippen LogP contribution < -0.4 is 5.32 Å². The Morgan fingerprint density at radius 1 is 1.33 bits per heavy atom. The molecule has 0 aromatic carbocycles. The molecule has 0 amide bonds. The van der Waals surface area contributed by atoms with Gasteiger partial charge in [0.25, 0.3) is 0 Å². The summed E-state index contributed by atoms with van der Waals surface area (Å²) >= 11 is 1.92. The molecule has 1 aliphatic rings. The number of nitrogens with one attached hydrogen (secondary N) is 1. The van der Waals surface area contributed by atoms with E-state index in [1.807, 2.05) is 11.3 Å². The molecule has 2 heteroatoms. The number of thiophene rings is 1. The number of hydrogen-bond acceptors (Lipinski definition) is 2. The Morgan fingerprint density at radius 3 is 2.61 bits per heavy atom. The SMILES string of the molecule is Cc1cc(C(C)NC2CCCCC2(C)C)c(C)s1. The standard InChI is InChI=1S/C16H27NS/c1-11-10-14(13(3)18-11)12(2)17-15-8-6-7-9-16(15,4)5/h10,12,15,17H,6-9H2,1-5H3. The summed E-state index contributed by atoms with van der Waals surface area (Å²) in [5, 5.41) is 3.89. The van der Waals surface area contributed by atoms with Gasteiger partial charge in [0.05, 0.1) is 0 Å². The van der Waals surface area contributed by atoms with Gasteiger partial charge in [-0.3, -0.25) is 0 Å². The Balaban J connectivity index is 2.06. The second-order valence-electron chi connectivity index (χ2n) is 6.54. The molecule has 0 radical (unpaired) electrons. The third kappa shape index (κ3) is 2.97. The first-order chi connectivity index (χ1) is 8.40. The van der Waals surface area contributed by atoms with Gasteiger partial charge in [0.15, 0.2) is 0 Å². The third-order valence-electron chi connectivity index (χ3n) is 4.50. The van der Waals surface area contributed by atoms with Crippen LogP contribution in [0.3, 0.4) is 0 Å². The predicted molar refractivity (Wildman–Crippen MR) is 81.4 cm³/mol. The van der Waals surface area contributed by atoms with Crippen LogP contribution in [0.2, 0.25) is 0 Å². The smallest absolute Gasteiger partial charge is 0.0305 e. The first-order valence-corrected chi connectivity index (χ1v) is 8.05. The van der Waals surface area contributed by atoms with E-state index < -0.39 is 0 Å². The van der Waals surface area contributed by atoms with Crippen molar-refractivity contribution in [2.75, 3.05) is 0 Å². The molecule has 1 fully saturated rings. The van der Waals surface area contributed by atoms with Gasteiger partial charge >= 0.3 is 0 Å². The fraction of sp³-hybridized carbons (Fsp3) is 0.750. The number of aryl methyl sites for hydroxylation is 2. The van der Waals surface area contributed by atoms with E-state index in [1.165, 1.54) is 41.0 Å². The largest absolute Gasteiger partial charge is 0.307 e. The van der Waals surface area contributed by atoms with Crippen LogP contribution in [0.1, 0.15) is 67.8 Å². The van der Waals surface area contributed by atoms with E-state index in [9.17, 15) is 0 Å². The summed E-state index contributed by atoms with van der Waals surface area (Å²) in [5.41, 5.74) is 1.95. The molecule has 102 valence electrons. The molecule has 1 N–H and O–H groups in total. The molecule has 0 spiro atoms. The van der Waals surface area contributed by atoms with Crippen LogP contribution in [0.15, 0.2) is 6.07 Å². The molecule has 1 aromatic heterocycles. The third-order valence-corrected chi connectivity index (χ3v) is 5.49. The zero-order valence-corrected chi connectivity index (χ0v) is 13.3. The van der Waals surface area contributed by atoms with Crippen LogP contribution >= 0.6 is 11.3 Å². The highest BCUT2D eigenvalue weighted by atomic mass is 32.1. The maximum Gasteiger partial charge on any atom is 0.0305 e. The maximum atomic E-state index is 3.89. The molecule has 0 bridgehead atoms. The van der Waals surface area contributed by atoms with Gasteiger partial charge in [-0.2, -0.15) is 0 Å². The molecule has 0 aliphatic heterocycles. The summed E-state index contributed by atoms with van der Waals surface area (Å²) in [6.07, 6.45) is 5.48. The van der Waals surface area contributed by atoms with Gasteiger partial charge in [0.2, 0.25) is 0 Å². The van der Waals surface area contributed by atoms with Crippen molar-refractivity contribution in [2.24, 2.45) is 5.41 Å². The minimum absolute atomic E-state index is 0.450. The monoisotopic (exact) mass is 265 g/mol. The average Bonchev–Trinajstić information content (AvgIpc) is 2.61. The zero-order chi connectivity index (χ0) is 13.3. The molecule has 2 rings (SSSR count). The topological polar surface area (TPSA) is 12.0 Å². The van der Waals surface area contributed by atoms with Gasteiger partial charge in [-0.1, -0.05) is 26.7 Å². The Hall–Kier alpha value is -0.340. The van der Waals surface area contributed by atoms with Gasteiger partial charge < -0.3 is 5.32 Å². The van der Waals surface area contributed by atoms with E-state index in [-0.39, 0.29) is 0 Å². The Bertz CT molecular complexity index is 405. The lowest BCUT2D eigenvalue weighted by Gasteiger charge is -2.40. The van der Waals surface area contributed by atoms with Gasteiger partial charge in [-0.15, -0.1) is 11.3 Å². The number of rotatable bonds is 3. The van der Waals surface area contributed by atoms with Crippen molar-refractivity contribution in [2.45, 2.75) is 72.4 Å². The molecular weight excluding hydrogens is 238 g/mol. The van der Waals surface area contributed by atoms with Gasteiger partial charge in [-0.05, 0) is 50.7 Å². The summed E-state index contributed by atoms with van der Waals surface area (Å²) in [6, 6.07) is 3.51. The lowest BCUT2D eigenvalue weighted by molar-refractivity contribution is 0.157. The van der Waals surface area contributed by atoms with Crippen LogP contribution in [0.4, 0.5) is 0 Å². The van der Waals surface area contributed by atoms with Crippen LogP contribution in [-0.2, 0) is 0 Å². The molecule has 2 unspecified atom stereocenters. The normalized spacial score (nSPS) is 25.1. The predicted octanol–water partition coefficient (Wildman–Crippen LogP) is 4.98. The zero-order valence-electron chi connectivity index (χ0n) is 12.5. The summed E-state index contributed by atoms with van der Waals surface area (Å²) in [7, 11) is 0. The quantitative estimate of drug-likeness (QED) is 0.812.